The van der Waals surface area contributed by atoms with Crippen LogP contribution in [-0.2, 0) is 9.59 Å². The first-order chi connectivity index (χ1) is 15.5. The van der Waals surface area contributed by atoms with Gasteiger partial charge in [-0.2, -0.15) is 0 Å². The van der Waals surface area contributed by atoms with Gasteiger partial charge >= 0.3 is 0 Å². The number of nitrogens with zero attached hydrogens (tertiary/aromatic N) is 1. The third kappa shape index (κ3) is 3.43. The molecule has 1 unspecified atom stereocenters. The molecule has 7 nitrogen and oxygen atoms in total. The highest BCUT2D eigenvalue weighted by atomic mass is 16.5. The Balaban J connectivity index is 2.01. The molecule has 1 saturated heterocycles. The predicted octanol–water partition coefficient (Wildman–Crippen LogP) is 4.04. The number of hydrogen-bond donors (Lipinski definition) is 2. The van der Waals surface area contributed by atoms with Crippen molar-refractivity contribution in [3.05, 3.63) is 89.5 Å². The van der Waals surface area contributed by atoms with E-state index in [-0.39, 0.29) is 28.4 Å². The standard InChI is InChI=1S/C25H21NO6/c1-31-18-9-6-10-19(32-2)20(18)23(28)21-22(15-11-13-17(27)14-12-15)26(25(30)24(21)29)16-7-4-3-5-8-16/h3-14,22,27-28H,1-2H3/b23-21+. The normalized spacial score (nSPS) is 17.4. The Kier molecular flexibility index (Phi) is 5.55. The molecule has 3 aromatic carbocycles. The summed E-state index contributed by atoms with van der Waals surface area (Å²) in [4.78, 5) is 27.7. The predicted molar refractivity (Wildman–Crippen MR) is 119 cm³/mol. The largest absolute Gasteiger partial charge is 0.508 e. The highest BCUT2D eigenvalue weighted by molar-refractivity contribution is 6.51. The summed E-state index contributed by atoms with van der Waals surface area (Å²) in [5, 5.41) is 21.1. The molecule has 162 valence electrons. The van der Waals surface area contributed by atoms with E-state index in [1.807, 2.05) is 0 Å². The van der Waals surface area contributed by atoms with Gasteiger partial charge in [-0.15, -0.1) is 0 Å². The van der Waals surface area contributed by atoms with Crippen molar-refractivity contribution in [3.63, 3.8) is 0 Å². The van der Waals surface area contributed by atoms with Gasteiger partial charge in [0.1, 0.15) is 28.6 Å². The summed E-state index contributed by atoms with van der Waals surface area (Å²) in [6.07, 6.45) is 0. The second kappa shape index (κ2) is 8.47. The molecule has 1 heterocycles. The first kappa shape index (κ1) is 21.0. The lowest BCUT2D eigenvalue weighted by molar-refractivity contribution is -0.132. The van der Waals surface area contributed by atoms with Crippen molar-refractivity contribution in [1.82, 2.24) is 0 Å². The van der Waals surface area contributed by atoms with E-state index in [2.05, 4.69) is 0 Å². The maximum atomic E-state index is 13.2. The molecule has 0 spiro atoms. The summed E-state index contributed by atoms with van der Waals surface area (Å²) in [5.41, 5.74) is 1.11. The van der Waals surface area contributed by atoms with Gasteiger partial charge in [0.2, 0.25) is 0 Å². The van der Waals surface area contributed by atoms with Crippen LogP contribution < -0.4 is 14.4 Å². The van der Waals surface area contributed by atoms with E-state index in [0.29, 0.717) is 11.3 Å². The van der Waals surface area contributed by atoms with Gasteiger partial charge in [0.25, 0.3) is 11.7 Å². The smallest absolute Gasteiger partial charge is 0.300 e. The van der Waals surface area contributed by atoms with E-state index in [1.54, 1.807) is 60.7 Å². The zero-order valence-electron chi connectivity index (χ0n) is 17.5. The zero-order valence-corrected chi connectivity index (χ0v) is 17.5. The number of methoxy groups -OCH3 is 2. The molecule has 1 fully saturated rings. The van der Waals surface area contributed by atoms with Crippen molar-refractivity contribution < 1.29 is 29.3 Å². The number of ether oxygens (including phenoxy) is 2. The fourth-order valence-corrected chi connectivity index (χ4v) is 3.88. The summed E-state index contributed by atoms with van der Waals surface area (Å²) in [7, 11) is 2.87. The molecule has 1 aliphatic rings. The number of carbonyl (C=O) groups is 2. The van der Waals surface area contributed by atoms with Crippen LogP contribution in [0.5, 0.6) is 17.2 Å². The quantitative estimate of drug-likeness (QED) is 0.360. The first-order valence-electron chi connectivity index (χ1n) is 9.84. The van der Waals surface area contributed by atoms with Crippen molar-refractivity contribution in [2.75, 3.05) is 19.1 Å². The van der Waals surface area contributed by atoms with Crippen LogP contribution in [0.15, 0.2) is 78.4 Å². The molecule has 1 atom stereocenters. The molecule has 4 rings (SSSR count). The fourth-order valence-electron chi connectivity index (χ4n) is 3.88. The van der Waals surface area contributed by atoms with Crippen LogP contribution in [0, 0.1) is 0 Å². The zero-order chi connectivity index (χ0) is 22.8. The van der Waals surface area contributed by atoms with Crippen LogP contribution in [-0.4, -0.2) is 36.1 Å². The summed E-state index contributed by atoms with van der Waals surface area (Å²) in [6, 6.07) is 18.9. The Hall–Kier alpha value is -4.26. The number of hydrogen-bond acceptors (Lipinski definition) is 6. The van der Waals surface area contributed by atoms with Crippen LogP contribution in [0.2, 0.25) is 0 Å². The van der Waals surface area contributed by atoms with Gasteiger partial charge in [0.15, 0.2) is 0 Å². The second-order valence-electron chi connectivity index (χ2n) is 7.13. The van der Waals surface area contributed by atoms with E-state index in [9.17, 15) is 19.8 Å². The van der Waals surface area contributed by atoms with Gasteiger partial charge in [0.05, 0.1) is 25.8 Å². The van der Waals surface area contributed by atoms with Crippen molar-refractivity contribution >= 4 is 23.1 Å². The molecule has 32 heavy (non-hydrogen) atoms. The summed E-state index contributed by atoms with van der Waals surface area (Å²) in [5.74, 6) is -1.40. The van der Waals surface area contributed by atoms with Crippen LogP contribution in [0.1, 0.15) is 17.2 Å². The number of phenols is 1. The van der Waals surface area contributed by atoms with Crippen LogP contribution in [0.25, 0.3) is 5.76 Å². The van der Waals surface area contributed by atoms with Crippen molar-refractivity contribution in [2.24, 2.45) is 0 Å². The summed E-state index contributed by atoms with van der Waals surface area (Å²) in [6.45, 7) is 0. The molecule has 3 aromatic rings. The third-order valence-electron chi connectivity index (χ3n) is 5.35. The monoisotopic (exact) mass is 431 g/mol. The lowest BCUT2D eigenvalue weighted by Gasteiger charge is -2.25. The minimum absolute atomic E-state index is 0.0387. The Morgan fingerprint density at radius 3 is 2.00 bits per heavy atom. The summed E-state index contributed by atoms with van der Waals surface area (Å²) < 4.78 is 10.8. The number of phenolic OH excluding ortho intramolecular Hbond substituents is 1. The van der Waals surface area contributed by atoms with Crippen LogP contribution in [0.4, 0.5) is 5.69 Å². The van der Waals surface area contributed by atoms with E-state index in [0.717, 1.165) is 0 Å². The van der Waals surface area contributed by atoms with E-state index in [1.165, 1.54) is 31.3 Å². The number of para-hydroxylation sites is 1. The lowest BCUT2D eigenvalue weighted by atomic mass is 9.94. The minimum atomic E-state index is -0.924. The molecule has 0 aromatic heterocycles. The summed E-state index contributed by atoms with van der Waals surface area (Å²) >= 11 is 0. The minimum Gasteiger partial charge on any atom is -0.508 e. The molecule has 1 amide bonds. The molecule has 0 radical (unpaired) electrons. The molecule has 7 heteroatoms. The topological polar surface area (TPSA) is 96.3 Å². The number of amides is 1. The van der Waals surface area contributed by atoms with Gasteiger partial charge in [-0.25, -0.2) is 0 Å². The fraction of sp³-hybridized carbons (Fsp3) is 0.120. The van der Waals surface area contributed by atoms with Crippen molar-refractivity contribution in [2.45, 2.75) is 6.04 Å². The van der Waals surface area contributed by atoms with E-state index in [4.69, 9.17) is 9.47 Å². The van der Waals surface area contributed by atoms with E-state index >= 15 is 0 Å². The Labute approximate surface area is 184 Å². The number of benzene rings is 3. The van der Waals surface area contributed by atoms with Crippen molar-refractivity contribution in [1.29, 1.82) is 0 Å². The number of aliphatic hydroxyl groups excluding tert-OH is 1. The number of aromatic hydroxyl groups is 1. The van der Waals surface area contributed by atoms with Gasteiger partial charge in [0, 0.05) is 5.69 Å². The molecular formula is C25H21NO6. The molecule has 1 aliphatic heterocycles. The average molecular weight is 431 g/mol. The van der Waals surface area contributed by atoms with Crippen LogP contribution in [0.3, 0.4) is 0 Å². The highest BCUT2D eigenvalue weighted by Crippen LogP contribution is 2.45. The number of carbonyl (C=O) groups excluding carboxylic acids is 2. The van der Waals surface area contributed by atoms with Gasteiger partial charge in [-0.3, -0.25) is 14.5 Å². The maximum absolute atomic E-state index is 13.2. The van der Waals surface area contributed by atoms with Crippen LogP contribution >= 0.6 is 0 Å². The SMILES string of the molecule is COc1cccc(OC)c1/C(O)=C1\C(=O)C(=O)N(c2ccccc2)C1c1ccc(O)cc1. The maximum Gasteiger partial charge on any atom is 0.300 e. The number of Topliss-reactive ketones (excluding diaryl/α,β-unsaturated/α-hetero) is 1. The Bertz CT molecular complexity index is 1180. The number of ketones is 1. The Morgan fingerprint density at radius 2 is 1.44 bits per heavy atom. The highest BCUT2D eigenvalue weighted by Gasteiger charge is 2.47. The lowest BCUT2D eigenvalue weighted by Crippen LogP contribution is -2.29. The number of rotatable bonds is 5. The molecular weight excluding hydrogens is 410 g/mol. The van der Waals surface area contributed by atoms with E-state index < -0.39 is 23.5 Å². The van der Waals surface area contributed by atoms with Gasteiger partial charge < -0.3 is 19.7 Å². The second-order valence-corrected chi connectivity index (χ2v) is 7.13. The average Bonchev–Trinajstić information content (AvgIpc) is 3.09. The Morgan fingerprint density at radius 1 is 0.844 bits per heavy atom. The molecule has 2 N–H and O–H groups in total. The number of anilines is 1. The third-order valence-corrected chi connectivity index (χ3v) is 5.35. The van der Waals surface area contributed by atoms with Gasteiger partial charge in [-0.05, 0) is 42.0 Å². The van der Waals surface area contributed by atoms with Gasteiger partial charge in [-0.1, -0.05) is 36.4 Å². The van der Waals surface area contributed by atoms with Crippen molar-refractivity contribution in [3.8, 4) is 17.2 Å². The molecule has 0 bridgehead atoms. The number of aliphatic hydroxyl groups is 1. The first-order valence-corrected chi connectivity index (χ1v) is 9.84. The molecule has 0 saturated carbocycles. The molecule has 0 aliphatic carbocycles.